The van der Waals surface area contributed by atoms with Gasteiger partial charge in [-0.3, -0.25) is 24.5 Å². The third-order valence-corrected chi connectivity index (χ3v) is 7.07. The fourth-order valence-electron chi connectivity index (χ4n) is 4.75. The van der Waals surface area contributed by atoms with E-state index in [2.05, 4.69) is 21.1 Å². The molecule has 2 aliphatic heterocycles. The maximum atomic E-state index is 13.8. The lowest BCUT2D eigenvalue weighted by atomic mass is 9.92. The number of rotatable bonds is 9. The second-order valence-corrected chi connectivity index (χ2v) is 9.81. The van der Waals surface area contributed by atoms with Crippen LogP contribution in [0.25, 0.3) is 0 Å². The van der Waals surface area contributed by atoms with Crippen molar-refractivity contribution in [3.63, 3.8) is 0 Å². The molecule has 1 amide bonds. The second kappa shape index (κ2) is 12.8. The molecule has 1 aromatic carbocycles. The van der Waals surface area contributed by atoms with Crippen molar-refractivity contribution in [1.82, 2.24) is 20.1 Å². The van der Waals surface area contributed by atoms with Gasteiger partial charge in [0.05, 0.1) is 0 Å². The zero-order valence-electron chi connectivity index (χ0n) is 21.4. The minimum atomic E-state index is -0.709. The number of hydrogen-bond acceptors (Lipinski definition) is 6. The van der Waals surface area contributed by atoms with Crippen molar-refractivity contribution in [2.75, 3.05) is 32.7 Å². The van der Waals surface area contributed by atoms with Gasteiger partial charge in [0.2, 0.25) is 5.91 Å². The molecule has 3 heterocycles. The van der Waals surface area contributed by atoms with Crippen LogP contribution < -0.4 is 5.32 Å². The average molecular weight is 536 g/mol. The molecule has 2 aliphatic rings. The summed E-state index contributed by atoms with van der Waals surface area (Å²) in [7, 11) is 0. The van der Waals surface area contributed by atoms with Crippen LogP contribution in [0.5, 0.6) is 0 Å². The zero-order chi connectivity index (χ0) is 27.1. The highest BCUT2D eigenvalue weighted by Crippen LogP contribution is 2.36. The molecule has 2 aromatic rings. The Labute approximate surface area is 227 Å². The van der Waals surface area contributed by atoms with Gasteiger partial charge >= 0.3 is 0 Å². The number of amides is 1. The van der Waals surface area contributed by atoms with Gasteiger partial charge in [-0.1, -0.05) is 23.7 Å². The molecule has 38 heavy (non-hydrogen) atoms. The minimum absolute atomic E-state index is 0.150. The van der Waals surface area contributed by atoms with Crippen LogP contribution in [0.15, 0.2) is 58.9 Å². The van der Waals surface area contributed by atoms with Crippen LogP contribution in [0, 0.1) is 18.2 Å². The van der Waals surface area contributed by atoms with E-state index in [0.29, 0.717) is 73.9 Å². The summed E-state index contributed by atoms with van der Waals surface area (Å²) in [6.45, 7) is 4.53. The van der Waals surface area contributed by atoms with Gasteiger partial charge in [0.25, 0.3) is 0 Å². The van der Waals surface area contributed by atoms with E-state index in [4.69, 9.17) is 23.0 Å². The summed E-state index contributed by atoms with van der Waals surface area (Å²) in [5, 5.41) is 3.55. The molecule has 198 valence electrons. The zero-order valence-corrected chi connectivity index (χ0v) is 22.2. The largest absolute Gasteiger partial charge is 0.341 e. The van der Waals surface area contributed by atoms with Gasteiger partial charge in [-0.2, -0.15) is 0 Å². The lowest BCUT2D eigenvalue weighted by Gasteiger charge is -2.37. The summed E-state index contributed by atoms with van der Waals surface area (Å²) >= 11 is 6.43. The Kier molecular flexibility index (Phi) is 9.27. The van der Waals surface area contributed by atoms with Gasteiger partial charge in [-0.05, 0) is 44.0 Å². The van der Waals surface area contributed by atoms with Gasteiger partial charge in [0.1, 0.15) is 17.6 Å². The normalized spacial score (nSPS) is 18.0. The number of ketones is 1. The predicted octanol–water partition coefficient (Wildman–Crippen LogP) is 4.15. The number of carbonyl (C=O) groups is 2. The smallest absolute Gasteiger partial charge is 0.222 e. The van der Waals surface area contributed by atoms with Crippen molar-refractivity contribution in [3.05, 3.63) is 76.0 Å². The number of aliphatic imine (C=N–C) groups is 1. The van der Waals surface area contributed by atoms with Crippen LogP contribution >= 0.6 is 11.6 Å². The molecule has 1 atom stereocenters. The number of hydrogen-bond donors (Lipinski definition) is 1. The lowest BCUT2D eigenvalue weighted by molar-refractivity contribution is -0.133. The van der Waals surface area contributed by atoms with Gasteiger partial charge < -0.3 is 10.2 Å². The van der Waals surface area contributed by atoms with E-state index in [9.17, 15) is 14.0 Å². The quantitative estimate of drug-likeness (QED) is 0.385. The number of nitrogens with zero attached hydrogens (tertiary/aromatic N) is 4. The van der Waals surface area contributed by atoms with Gasteiger partial charge in [0, 0.05) is 73.6 Å². The van der Waals surface area contributed by atoms with E-state index >= 15 is 0 Å². The third kappa shape index (κ3) is 6.66. The fraction of sp³-hybridized carbons (Fsp3) is 0.379. The molecule has 7 nitrogen and oxygen atoms in total. The van der Waals surface area contributed by atoms with Crippen molar-refractivity contribution in [2.45, 2.75) is 38.6 Å². The first-order valence-electron chi connectivity index (χ1n) is 12.8. The van der Waals surface area contributed by atoms with Crippen molar-refractivity contribution in [3.8, 4) is 12.3 Å². The number of terminal acetylenes is 1. The molecule has 4 rings (SSSR count). The van der Waals surface area contributed by atoms with E-state index < -0.39 is 11.9 Å². The van der Waals surface area contributed by atoms with E-state index in [-0.39, 0.29) is 16.7 Å². The van der Waals surface area contributed by atoms with E-state index in [1.807, 2.05) is 23.1 Å². The van der Waals surface area contributed by atoms with Crippen LogP contribution in [0.1, 0.15) is 49.9 Å². The summed E-state index contributed by atoms with van der Waals surface area (Å²) in [5.74, 6) is 2.66. The number of carbonyl (C=O) groups excluding carboxylic acids is 2. The van der Waals surface area contributed by atoms with Gasteiger partial charge in [-0.25, -0.2) is 4.39 Å². The SMILES string of the molecule is C#CCCCCC(=O)N1CCN(CC2=C(C(C)=O)C(c3ccc(F)cc3Cl)N=C(c3ccccn3)N2)CC1. The van der Waals surface area contributed by atoms with Gasteiger partial charge in [0.15, 0.2) is 11.6 Å². The van der Waals surface area contributed by atoms with Crippen LogP contribution in [0.2, 0.25) is 5.02 Å². The summed E-state index contributed by atoms with van der Waals surface area (Å²) < 4.78 is 13.8. The number of halogens is 2. The Morgan fingerprint density at radius 1 is 1.18 bits per heavy atom. The number of piperazine rings is 1. The highest BCUT2D eigenvalue weighted by atomic mass is 35.5. The molecule has 1 fully saturated rings. The predicted molar refractivity (Wildman–Crippen MR) is 146 cm³/mol. The van der Waals surface area contributed by atoms with Crippen LogP contribution in [-0.4, -0.2) is 65.0 Å². The first-order chi connectivity index (χ1) is 18.4. The molecular formula is C29H31ClFN5O2. The Morgan fingerprint density at radius 3 is 2.63 bits per heavy atom. The first kappa shape index (κ1) is 27.5. The van der Waals surface area contributed by atoms with Crippen LogP contribution in [-0.2, 0) is 9.59 Å². The van der Waals surface area contributed by atoms with E-state index in [0.717, 1.165) is 12.8 Å². The molecule has 0 aliphatic carbocycles. The molecule has 1 saturated heterocycles. The Balaban J connectivity index is 1.56. The molecule has 1 unspecified atom stereocenters. The van der Waals surface area contributed by atoms with E-state index in [1.165, 1.54) is 19.1 Å². The fourth-order valence-corrected chi connectivity index (χ4v) is 5.02. The monoisotopic (exact) mass is 535 g/mol. The molecule has 0 bridgehead atoms. The number of benzene rings is 1. The van der Waals surface area contributed by atoms with Crippen LogP contribution in [0.4, 0.5) is 4.39 Å². The number of aromatic nitrogens is 1. The summed E-state index contributed by atoms with van der Waals surface area (Å²) in [6.07, 6.45) is 9.81. The van der Waals surface area contributed by atoms with Gasteiger partial charge in [-0.15, -0.1) is 12.3 Å². The highest BCUT2D eigenvalue weighted by molar-refractivity contribution is 6.31. The molecule has 9 heteroatoms. The van der Waals surface area contributed by atoms with Crippen molar-refractivity contribution in [2.24, 2.45) is 4.99 Å². The number of unbranched alkanes of at least 4 members (excludes halogenated alkanes) is 2. The average Bonchev–Trinajstić information content (AvgIpc) is 2.91. The lowest BCUT2D eigenvalue weighted by Crippen LogP contribution is -2.50. The van der Waals surface area contributed by atoms with Crippen molar-refractivity contribution >= 4 is 29.1 Å². The second-order valence-electron chi connectivity index (χ2n) is 9.40. The number of pyridine rings is 1. The number of amidine groups is 1. The summed E-state index contributed by atoms with van der Waals surface area (Å²) in [6, 6.07) is 8.92. The first-order valence-corrected chi connectivity index (χ1v) is 13.1. The maximum Gasteiger partial charge on any atom is 0.222 e. The summed E-state index contributed by atoms with van der Waals surface area (Å²) in [5.41, 5.74) is 2.35. The van der Waals surface area contributed by atoms with Crippen LogP contribution in [0.3, 0.4) is 0 Å². The third-order valence-electron chi connectivity index (χ3n) is 6.74. The Morgan fingerprint density at radius 2 is 1.97 bits per heavy atom. The molecule has 1 N–H and O–H groups in total. The molecule has 0 radical (unpaired) electrons. The van der Waals surface area contributed by atoms with Crippen molar-refractivity contribution in [1.29, 1.82) is 0 Å². The number of Topliss-reactive ketones (excluding diaryl/α,β-unsaturated/α-hetero) is 1. The standard InChI is InChI=1S/C29H31ClFN5O2/c1-3-4-5-6-10-26(38)36-16-14-35(15-17-36)19-25-27(20(2)37)28(22-12-11-21(31)18-23(22)30)34-29(33-25)24-9-7-8-13-32-24/h1,7-9,11-13,18,28H,4-6,10,14-17,19H2,2H3,(H,33,34). The molecule has 0 saturated carbocycles. The topological polar surface area (TPSA) is 77.9 Å². The molecule has 1 aromatic heterocycles. The highest BCUT2D eigenvalue weighted by Gasteiger charge is 2.32. The molecular weight excluding hydrogens is 505 g/mol. The number of nitrogens with one attached hydrogen (secondary N) is 1. The Hall–Kier alpha value is -3.54. The minimum Gasteiger partial charge on any atom is -0.341 e. The summed E-state index contributed by atoms with van der Waals surface area (Å²) in [4.78, 5) is 38.9. The Bertz CT molecular complexity index is 1280. The van der Waals surface area contributed by atoms with Crippen molar-refractivity contribution < 1.29 is 14.0 Å². The molecule has 0 spiro atoms. The van der Waals surface area contributed by atoms with E-state index in [1.54, 1.807) is 12.3 Å². The maximum absolute atomic E-state index is 13.8.